The molecule has 0 heteroatoms. The molecule has 0 atom stereocenters. The molecule has 0 radical (unpaired) electrons. The molecule has 18 rings (SSSR count). The minimum atomic E-state index is 1.22. The van der Waals surface area contributed by atoms with Gasteiger partial charge < -0.3 is 0 Å². The van der Waals surface area contributed by atoms with Crippen molar-refractivity contribution in [2.24, 2.45) is 0 Å². The maximum atomic E-state index is 2.55. The largest absolute Gasteiger partial charge is 0.0622 e. The summed E-state index contributed by atoms with van der Waals surface area (Å²) in [6.45, 7) is 0. The Hall–Kier alpha value is -10.4. The molecule has 80 heavy (non-hydrogen) atoms. The van der Waals surface area contributed by atoms with Gasteiger partial charge in [-0.2, -0.15) is 0 Å². The first-order valence-electron chi connectivity index (χ1n) is 28.0. The predicted molar refractivity (Wildman–Crippen MR) is 342 cm³/mol. The van der Waals surface area contributed by atoms with Crippen LogP contribution in [0.1, 0.15) is 0 Å². The van der Waals surface area contributed by atoms with Gasteiger partial charge in [-0.15, -0.1) is 0 Å². The maximum absolute atomic E-state index is 2.55. The van der Waals surface area contributed by atoms with Gasteiger partial charge in [0.25, 0.3) is 0 Å². The number of hydrogen-bond acceptors (Lipinski definition) is 0. The average Bonchev–Trinajstić information content (AvgIpc) is 3.38. The van der Waals surface area contributed by atoms with E-state index in [1.807, 2.05) is 0 Å². The molecule has 0 bridgehead atoms. The van der Waals surface area contributed by atoms with E-state index < -0.39 is 0 Å². The van der Waals surface area contributed by atoms with Gasteiger partial charge in [-0.3, -0.25) is 0 Å². The first-order chi connectivity index (χ1) is 39.8. The van der Waals surface area contributed by atoms with E-state index in [4.69, 9.17) is 0 Å². The first kappa shape index (κ1) is 43.7. The average molecular weight is 1010 g/mol. The third kappa shape index (κ3) is 5.89. The van der Waals surface area contributed by atoms with Crippen molar-refractivity contribution in [3.63, 3.8) is 0 Å². The van der Waals surface area contributed by atoms with Crippen molar-refractivity contribution in [3.8, 4) is 111 Å². The van der Waals surface area contributed by atoms with Gasteiger partial charge >= 0.3 is 0 Å². The Morgan fingerprint density at radius 3 is 0.912 bits per heavy atom. The van der Waals surface area contributed by atoms with Crippen molar-refractivity contribution in [2.75, 3.05) is 0 Å². The van der Waals surface area contributed by atoms with Gasteiger partial charge in [-0.25, -0.2) is 0 Å². The molecule has 366 valence electrons. The lowest BCUT2D eigenvalue weighted by Crippen LogP contribution is -1.95. The van der Waals surface area contributed by atoms with Crippen LogP contribution >= 0.6 is 0 Å². The van der Waals surface area contributed by atoms with Crippen molar-refractivity contribution >= 4 is 75.4 Å². The normalized spacial score (nSPS) is 12.2. The summed E-state index contributed by atoms with van der Waals surface area (Å²) in [5, 5.41) is 18.2. The topological polar surface area (TPSA) is 0 Å². The van der Waals surface area contributed by atoms with E-state index in [0.29, 0.717) is 0 Å². The van der Waals surface area contributed by atoms with Crippen LogP contribution < -0.4 is 0 Å². The van der Waals surface area contributed by atoms with E-state index in [0.717, 1.165) is 0 Å². The maximum Gasteiger partial charge on any atom is -0.000718 e. The van der Waals surface area contributed by atoms with Crippen LogP contribution in [0.4, 0.5) is 0 Å². The molecule has 0 aromatic heterocycles. The first-order valence-corrected chi connectivity index (χ1v) is 28.0. The quantitative estimate of drug-likeness (QED) is 0.115. The second kappa shape index (κ2) is 16.6. The van der Waals surface area contributed by atoms with E-state index in [2.05, 4.69) is 279 Å². The Kier molecular flexibility index (Phi) is 9.04. The van der Waals surface area contributed by atoms with Crippen LogP contribution in [-0.4, -0.2) is 0 Å². The molecular weight excluding hydrogens is 961 g/mol. The fourth-order valence-corrected chi connectivity index (χ4v) is 14.9. The minimum absolute atomic E-state index is 1.22. The van der Waals surface area contributed by atoms with Gasteiger partial charge in [0.1, 0.15) is 0 Å². The van der Waals surface area contributed by atoms with Gasteiger partial charge in [0.15, 0.2) is 0 Å². The van der Waals surface area contributed by atoms with Gasteiger partial charge in [-0.1, -0.05) is 267 Å². The monoisotopic (exact) mass is 1010 g/mol. The fraction of sp³-hybridized carbons (Fsp3) is 0. The van der Waals surface area contributed by atoms with Gasteiger partial charge in [0.05, 0.1) is 0 Å². The molecule has 0 fully saturated rings. The Morgan fingerprint density at radius 2 is 0.438 bits per heavy atom. The summed E-state index contributed by atoms with van der Waals surface area (Å²) in [5.41, 5.74) is 25.5. The molecule has 0 aliphatic heterocycles. The molecule has 0 heterocycles. The fourth-order valence-electron chi connectivity index (χ4n) is 14.9. The summed E-state index contributed by atoms with van der Waals surface area (Å²) >= 11 is 0. The third-order valence-corrected chi connectivity index (χ3v) is 18.1. The Bertz CT molecular complexity index is 5280. The predicted octanol–water partition coefficient (Wildman–Crippen LogP) is 22.5. The van der Waals surface area contributed by atoms with Crippen molar-refractivity contribution in [3.05, 3.63) is 279 Å². The Labute approximate surface area is 463 Å². The minimum Gasteiger partial charge on any atom is -0.0622 e. The van der Waals surface area contributed by atoms with E-state index in [9.17, 15) is 0 Å². The highest BCUT2D eigenvalue weighted by Gasteiger charge is 2.34. The molecular formula is C80H46. The molecule has 0 saturated heterocycles. The summed E-state index contributed by atoms with van der Waals surface area (Å²) < 4.78 is 0. The lowest BCUT2D eigenvalue weighted by molar-refractivity contribution is 1.59. The van der Waals surface area contributed by atoms with E-state index in [1.165, 1.54) is 187 Å². The summed E-state index contributed by atoms with van der Waals surface area (Å²) in [6.07, 6.45) is 0. The SMILES string of the molecule is c1ccc(-c2ccccc2-c2c3c(c(-c4ccccc4)c4ccccc24)-c2ccc4c5ccc6c7c(ccc(c8ccc-3c2c48)c75)-c2cc3c(-c4ccccc4-c4ccccc4)c4ccccc4c(-c4ccccc4)c3cc2-6)cc1. The summed E-state index contributed by atoms with van der Waals surface area (Å²) in [7, 11) is 0. The zero-order chi connectivity index (χ0) is 52.2. The highest BCUT2D eigenvalue weighted by molar-refractivity contribution is 6.42. The molecule has 16 aromatic rings. The zero-order valence-corrected chi connectivity index (χ0v) is 43.6. The number of fused-ring (bicyclic) bond motifs is 11. The molecule has 0 spiro atoms. The van der Waals surface area contributed by atoms with E-state index in [1.54, 1.807) is 0 Å². The second-order valence-corrected chi connectivity index (χ2v) is 22.0. The molecule has 0 N–H and O–H groups in total. The van der Waals surface area contributed by atoms with Crippen LogP contribution in [0, 0.1) is 0 Å². The number of rotatable bonds is 6. The molecule has 2 aliphatic rings. The second-order valence-electron chi connectivity index (χ2n) is 22.0. The lowest BCUT2D eigenvalue weighted by Gasteiger charge is -2.22. The van der Waals surface area contributed by atoms with Crippen molar-refractivity contribution < 1.29 is 0 Å². The zero-order valence-electron chi connectivity index (χ0n) is 43.6. The number of hydrogen-bond donors (Lipinski definition) is 0. The Morgan fingerprint density at radius 1 is 0.125 bits per heavy atom. The van der Waals surface area contributed by atoms with Crippen LogP contribution in [-0.2, 0) is 0 Å². The van der Waals surface area contributed by atoms with Crippen molar-refractivity contribution in [1.29, 1.82) is 0 Å². The van der Waals surface area contributed by atoms with Gasteiger partial charge in [0, 0.05) is 0 Å². The Balaban J connectivity index is 0.923. The molecule has 2 aliphatic carbocycles. The van der Waals surface area contributed by atoms with Crippen LogP contribution in [0.2, 0.25) is 0 Å². The van der Waals surface area contributed by atoms with Gasteiger partial charge in [-0.05, 0) is 199 Å². The smallest absolute Gasteiger partial charge is 0.000718 e. The van der Waals surface area contributed by atoms with E-state index >= 15 is 0 Å². The number of benzene rings is 16. The highest BCUT2D eigenvalue weighted by atomic mass is 14.4. The van der Waals surface area contributed by atoms with Crippen LogP contribution in [0.25, 0.3) is 187 Å². The van der Waals surface area contributed by atoms with Gasteiger partial charge in [0.2, 0.25) is 0 Å². The van der Waals surface area contributed by atoms with Crippen LogP contribution in [0.3, 0.4) is 0 Å². The molecule has 0 saturated carbocycles. The van der Waals surface area contributed by atoms with Crippen LogP contribution in [0.5, 0.6) is 0 Å². The standard InChI is InChI=1S/C80H46/c1-5-21-47(22-6-1)51-29-13-15-31-53(51)73-57-35-19-17-33-55(57)71(49-25-9-3-10-26-49)69-45-67-63-39-37-59-61-41-43-65-78-66(44-42-62(75(61)78)60-38-40-64(76(63)74(59)60)68(67)46-70(69)73)80-77(54-32-16-14-30-52(54)48-23-7-2-8-24-48)58-36-20-18-34-56(58)72(79(65)80)50-27-11-4-12-28-50/h1-46H. The highest BCUT2D eigenvalue weighted by Crippen LogP contribution is 2.62. The lowest BCUT2D eigenvalue weighted by atomic mass is 9.81. The molecule has 0 nitrogen and oxygen atoms in total. The van der Waals surface area contributed by atoms with Crippen molar-refractivity contribution in [1.82, 2.24) is 0 Å². The van der Waals surface area contributed by atoms with Crippen molar-refractivity contribution in [2.45, 2.75) is 0 Å². The van der Waals surface area contributed by atoms with E-state index in [-0.39, 0.29) is 0 Å². The third-order valence-electron chi connectivity index (χ3n) is 18.1. The summed E-state index contributed by atoms with van der Waals surface area (Å²) in [4.78, 5) is 0. The van der Waals surface area contributed by atoms with Crippen LogP contribution in [0.15, 0.2) is 279 Å². The summed E-state index contributed by atoms with van der Waals surface area (Å²) in [6, 6.07) is 105. The molecule has 16 aromatic carbocycles. The molecule has 0 amide bonds. The summed E-state index contributed by atoms with van der Waals surface area (Å²) in [5.74, 6) is 0. The molecule has 0 unspecified atom stereocenters.